The zero-order chi connectivity index (χ0) is 15.0. The maximum Gasteiger partial charge on any atom is 0.318 e. The lowest BCUT2D eigenvalue weighted by Crippen LogP contribution is -2.40. The van der Waals surface area contributed by atoms with Gasteiger partial charge in [0.25, 0.3) is 0 Å². The van der Waals surface area contributed by atoms with Gasteiger partial charge in [0.05, 0.1) is 13.2 Å². The Kier molecular flexibility index (Phi) is 3.49. The monoisotopic (exact) mass is 287 g/mol. The predicted molar refractivity (Wildman–Crippen MR) is 81.8 cm³/mol. The molecule has 1 atom stereocenters. The van der Waals surface area contributed by atoms with Gasteiger partial charge in [0, 0.05) is 16.6 Å². The van der Waals surface area contributed by atoms with E-state index in [0.717, 1.165) is 35.0 Å². The van der Waals surface area contributed by atoms with Crippen LogP contribution in [0.3, 0.4) is 0 Å². The molecule has 0 saturated carbocycles. The first kappa shape index (κ1) is 14.1. The van der Waals surface area contributed by atoms with Gasteiger partial charge < -0.3 is 14.8 Å². The minimum atomic E-state index is -0.962. The maximum atomic E-state index is 12.0. The number of fused-ring (bicyclic) bond motifs is 3. The van der Waals surface area contributed by atoms with E-state index in [4.69, 9.17) is 4.74 Å². The van der Waals surface area contributed by atoms with Crippen LogP contribution in [0.1, 0.15) is 37.1 Å². The first-order valence-corrected chi connectivity index (χ1v) is 7.58. The molecule has 0 spiro atoms. The highest BCUT2D eigenvalue weighted by molar-refractivity contribution is 5.91. The van der Waals surface area contributed by atoms with E-state index in [1.54, 1.807) is 0 Å². The van der Waals surface area contributed by atoms with Gasteiger partial charge >= 0.3 is 5.97 Å². The van der Waals surface area contributed by atoms with Gasteiger partial charge in [-0.05, 0) is 30.4 Å². The molecule has 21 heavy (non-hydrogen) atoms. The molecular weight excluding hydrogens is 266 g/mol. The molecule has 0 bridgehead atoms. The van der Waals surface area contributed by atoms with Crippen LogP contribution in [-0.2, 0) is 27.8 Å². The molecule has 1 aliphatic heterocycles. The summed E-state index contributed by atoms with van der Waals surface area (Å²) in [5.74, 6) is -0.808. The number of rotatable bonds is 3. The number of carboxylic acid groups (broad SMARTS) is 1. The van der Waals surface area contributed by atoms with Crippen LogP contribution >= 0.6 is 0 Å². The topological polar surface area (TPSA) is 62.3 Å². The summed E-state index contributed by atoms with van der Waals surface area (Å²) in [6.07, 6.45) is 2.21. The van der Waals surface area contributed by atoms with Crippen molar-refractivity contribution in [2.75, 3.05) is 13.2 Å². The molecule has 1 aliphatic rings. The molecule has 2 aromatic rings. The van der Waals surface area contributed by atoms with Gasteiger partial charge in [-0.25, -0.2) is 0 Å². The van der Waals surface area contributed by atoms with Gasteiger partial charge in [-0.2, -0.15) is 0 Å². The molecule has 0 radical (unpaired) electrons. The summed E-state index contributed by atoms with van der Waals surface area (Å²) in [5, 5.41) is 11.0. The summed E-state index contributed by atoms with van der Waals surface area (Å²) in [6, 6.07) is 6.23. The van der Waals surface area contributed by atoms with Crippen molar-refractivity contribution in [1.82, 2.24) is 4.98 Å². The molecular formula is C17H21NO3. The minimum absolute atomic E-state index is 0.236. The fourth-order valence-electron chi connectivity index (χ4n) is 3.39. The lowest BCUT2D eigenvalue weighted by atomic mass is 9.80. The number of aliphatic carboxylic acids is 1. The molecule has 0 amide bonds. The Balaban J connectivity index is 2.33. The van der Waals surface area contributed by atoms with Crippen LogP contribution in [0.25, 0.3) is 10.9 Å². The second kappa shape index (κ2) is 5.19. The molecule has 4 heteroatoms. The van der Waals surface area contributed by atoms with E-state index in [0.29, 0.717) is 13.0 Å². The fourth-order valence-corrected chi connectivity index (χ4v) is 3.39. The van der Waals surface area contributed by atoms with Gasteiger partial charge in [0.1, 0.15) is 5.41 Å². The number of carbonyl (C=O) groups is 1. The number of hydrogen-bond donors (Lipinski definition) is 2. The summed E-state index contributed by atoms with van der Waals surface area (Å²) < 4.78 is 5.61. The van der Waals surface area contributed by atoms with Gasteiger partial charge in [-0.15, -0.1) is 0 Å². The Morgan fingerprint density at radius 1 is 1.43 bits per heavy atom. The van der Waals surface area contributed by atoms with Crippen molar-refractivity contribution in [3.63, 3.8) is 0 Å². The van der Waals surface area contributed by atoms with Gasteiger partial charge in [-0.3, -0.25) is 4.79 Å². The van der Waals surface area contributed by atoms with Crippen molar-refractivity contribution < 1.29 is 14.6 Å². The molecule has 112 valence electrons. The van der Waals surface area contributed by atoms with Crippen molar-refractivity contribution in [1.29, 1.82) is 0 Å². The van der Waals surface area contributed by atoms with E-state index in [1.165, 1.54) is 5.56 Å². The summed E-state index contributed by atoms with van der Waals surface area (Å²) in [4.78, 5) is 15.4. The normalized spacial score (nSPS) is 22.0. The summed E-state index contributed by atoms with van der Waals surface area (Å²) in [6.45, 7) is 4.85. The second-order valence-corrected chi connectivity index (χ2v) is 5.72. The number of aromatic nitrogens is 1. The van der Waals surface area contributed by atoms with Gasteiger partial charge in [0.15, 0.2) is 0 Å². The van der Waals surface area contributed by atoms with Crippen LogP contribution in [0.15, 0.2) is 18.2 Å². The highest BCUT2D eigenvalue weighted by Gasteiger charge is 2.44. The second-order valence-electron chi connectivity index (χ2n) is 5.72. The van der Waals surface area contributed by atoms with Crippen LogP contribution in [0, 0.1) is 0 Å². The SMILES string of the molecule is CCc1cccc2c3c([nH]c12)C(CC)(C(=O)O)COCC3. The number of para-hydroxylation sites is 1. The lowest BCUT2D eigenvalue weighted by Gasteiger charge is -2.26. The van der Waals surface area contributed by atoms with Gasteiger partial charge in [-0.1, -0.05) is 32.0 Å². The molecule has 0 fully saturated rings. The maximum absolute atomic E-state index is 12.0. The van der Waals surface area contributed by atoms with Crippen LogP contribution in [0.2, 0.25) is 0 Å². The third-order valence-corrected chi connectivity index (χ3v) is 4.74. The van der Waals surface area contributed by atoms with E-state index < -0.39 is 11.4 Å². The molecule has 2 heterocycles. The first-order chi connectivity index (χ1) is 10.1. The summed E-state index contributed by atoms with van der Waals surface area (Å²) in [5.41, 5.74) is 3.31. The number of aromatic amines is 1. The molecule has 2 N–H and O–H groups in total. The van der Waals surface area contributed by atoms with Crippen molar-refractivity contribution in [2.24, 2.45) is 0 Å². The summed E-state index contributed by atoms with van der Waals surface area (Å²) in [7, 11) is 0. The lowest BCUT2D eigenvalue weighted by molar-refractivity contribution is -0.146. The number of benzene rings is 1. The standard InChI is InChI=1S/C17H21NO3/c1-3-11-6-5-7-12-13-8-9-21-10-17(4-2,16(19)20)15(13)18-14(11)12/h5-7,18H,3-4,8-10H2,1-2H3,(H,19,20). The number of nitrogens with one attached hydrogen (secondary N) is 1. The van der Waals surface area contributed by atoms with E-state index in [1.807, 2.05) is 6.92 Å². The Bertz CT molecular complexity index is 689. The quantitative estimate of drug-likeness (QED) is 0.912. The molecule has 1 aromatic carbocycles. The Morgan fingerprint density at radius 3 is 2.90 bits per heavy atom. The smallest absolute Gasteiger partial charge is 0.318 e. The van der Waals surface area contributed by atoms with Gasteiger partial charge in [0.2, 0.25) is 0 Å². The number of ether oxygens (including phenoxy) is 1. The largest absolute Gasteiger partial charge is 0.480 e. The third kappa shape index (κ3) is 1.97. The van der Waals surface area contributed by atoms with Crippen LogP contribution < -0.4 is 0 Å². The predicted octanol–water partition coefficient (Wildman–Crippen LogP) is 3.04. The van der Waals surface area contributed by atoms with Crippen LogP contribution in [-0.4, -0.2) is 29.3 Å². The van der Waals surface area contributed by atoms with E-state index in [9.17, 15) is 9.90 Å². The first-order valence-electron chi connectivity index (χ1n) is 7.58. The molecule has 1 unspecified atom stereocenters. The highest BCUT2D eigenvalue weighted by atomic mass is 16.5. The number of aryl methyl sites for hydroxylation is 1. The van der Waals surface area contributed by atoms with Crippen molar-refractivity contribution >= 4 is 16.9 Å². The zero-order valence-corrected chi connectivity index (χ0v) is 12.5. The molecule has 3 rings (SSSR count). The highest BCUT2D eigenvalue weighted by Crippen LogP contribution is 2.38. The molecule has 0 saturated heterocycles. The molecule has 4 nitrogen and oxygen atoms in total. The number of H-pyrrole nitrogens is 1. The van der Waals surface area contributed by atoms with Crippen molar-refractivity contribution in [3.8, 4) is 0 Å². The Labute approximate surface area is 124 Å². The average Bonchev–Trinajstić information content (AvgIpc) is 2.76. The summed E-state index contributed by atoms with van der Waals surface area (Å²) >= 11 is 0. The molecule has 1 aromatic heterocycles. The van der Waals surface area contributed by atoms with Crippen LogP contribution in [0.4, 0.5) is 0 Å². The van der Waals surface area contributed by atoms with Crippen molar-refractivity contribution in [3.05, 3.63) is 35.0 Å². The third-order valence-electron chi connectivity index (χ3n) is 4.74. The molecule has 0 aliphatic carbocycles. The minimum Gasteiger partial charge on any atom is -0.480 e. The van der Waals surface area contributed by atoms with E-state index in [-0.39, 0.29) is 6.61 Å². The fraction of sp³-hybridized carbons (Fsp3) is 0.471. The van der Waals surface area contributed by atoms with Crippen molar-refractivity contribution in [2.45, 2.75) is 38.5 Å². The number of carboxylic acids is 1. The van der Waals surface area contributed by atoms with Crippen LogP contribution in [0.5, 0.6) is 0 Å². The zero-order valence-electron chi connectivity index (χ0n) is 12.5. The Morgan fingerprint density at radius 2 is 2.24 bits per heavy atom. The van der Waals surface area contributed by atoms with E-state index >= 15 is 0 Å². The number of hydrogen-bond acceptors (Lipinski definition) is 2. The average molecular weight is 287 g/mol. The van der Waals surface area contributed by atoms with E-state index in [2.05, 4.69) is 30.1 Å². The Hall–Kier alpha value is -1.81.